The van der Waals surface area contributed by atoms with Crippen LogP contribution in [0.4, 0.5) is 4.79 Å². The van der Waals surface area contributed by atoms with E-state index in [1.165, 1.54) is 7.11 Å². The van der Waals surface area contributed by atoms with Crippen LogP contribution in [0.15, 0.2) is 30.3 Å². The molecule has 1 aliphatic rings. The van der Waals surface area contributed by atoms with E-state index in [9.17, 15) is 9.59 Å². The SMILES string of the molecule is COC(=O)[C@@H]1C[C@H](NC(=O)OCc2ccccc2)CCN1. The number of piperidine rings is 1. The smallest absolute Gasteiger partial charge is 0.407 e. The zero-order chi connectivity index (χ0) is 15.1. The van der Waals surface area contributed by atoms with Crippen LogP contribution >= 0.6 is 0 Å². The molecular formula is C15H20N2O4. The largest absolute Gasteiger partial charge is 0.468 e. The average Bonchev–Trinajstić information content (AvgIpc) is 2.53. The summed E-state index contributed by atoms with van der Waals surface area (Å²) in [6, 6.07) is 9.03. The molecule has 1 amide bonds. The average molecular weight is 292 g/mol. The molecule has 0 radical (unpaired) electrons. The van der Waals surface area contributed by atoms with Crippen LogP contribution in [0.2, 0.25) is 0 Å². The van der Waals surface area contributed by atoms with Gasteiger partial charge in [0.25, 0.3) is 0 Å². The number of hydrogen-bond acceptors (Lipinski definition) is 5. The summed E-state index contributed by atoms with van der Waals surface area (Å²) in [5.74, 6) is -0.306. The molecule has 0 aliphatic carbocycles. The number of carbonyl (C=O) groups excluding carboxylic acids is 2. The van der Waals surface area contributed by atoms with Gasteiger partial charge in [-0.1, -0.05) is 30.3 Å². The molecule has 0 saturated carbocycles. The molecule has 21 heavy (non-hydrogen) atoms. The summed E-state index contributed by atoms with van der Waals surface area (Å²) < 4.78 is 9.87. The summed E-state index contributed by atoms with van der Waals surface area (Å²) in [6.07, 6.45) is 0.801. The van der Waals surface area contributed by atoms with E-state index in [1.54, 1.807) is 0 Å². The number of alkyl carbamates (subject to hydrolysis) is 1. The molecule has 1 aromatic rings. The van der Waals surface area contributed by atoms with Gasteiger partial charge in [0.1, 0.15) is 12.6 Å². The molecule has 1 saturated heterocycles. The van der Waals surface area contributed by atoms with Crippen LogP contribution in [0.5, 0.6) is 0 Å². The van der Waals surface area contributed by atoms with Gasteiger partial charge in [0.05, 0.1) is 7.11 Å². The fourth-order valence-electron chi connectivity index (χ4n) is 2.30. The van der Waals surface area contributed by atoms with Crippen molar-refractivity contribution >= 4 is 12.1 Å². The highest BCUT2D eigenvalue weighted by molar-refractivity contribution is 5.76. The van der Waals surface area contributed by atoms with Crippen LogP contribution < -0.4 is 10.6 Å². The first-order valence-corrected chi connectivity index (χ1v) is 6.97. The molecule has 1 fully saturated rings. The first kappa shape index (κ1) is 15.3. The van der Waals surface area contributed by atoms with Crippen molar-refractivity contribution in [2.75, 3.05) is 13.7 Å². The van der Waals surface area contributed by atoms with E-state index >= 15 is 0 Å². The minimum Gasteiger partial charge on any atom is -0.468 e. The van der Waals surface area contributed by atoms with Gasteiger partial charge in [-0.25, -0.2) is 4.79 Å². The Balaban J connectivity index is 1.76. The van der Waals surface area contributed by atoms with Crippen molar-refractivity contribution in [2.24, 2.45) is 0 Å². The normalized spacial score (nSPS) is 21.4. The molecule has 0 bridgehead atoms. The monoisotopic (exact) mass is 292 g/mol. The van der Waals surface area contributed by atoms with E-state index in [1.807, 2.05) is 30.3 Å². The van der Waals surface area contributed by atoms with E-state index in [0.29, 0.717) is 13.0 Å². The number of esters is 1. The molecule has 2 atom stereocenters. The summed E-state index contributed by atoms with van der Waals surface area (Å²) in [6.45, 7) is 0.890. The number of carbonyl (C=O) groups is 2. The molecule has 0 spiro atoms. The summed E-state index contributed by atoms with van der Waals surface area (Å²) in [7, 11) is 1.36. The highest BCUT2D eigenvalue weighted by Gasteiger charge is 2.28. The predicted molar refractivity (Wildman–Crippen MR) is 76.6 cm³/mol. The van der Waals surface area contributed by atoms with Gasteiger partial charge in [-0.3, -0.25) is 4.79 Å². The summed E-state index contributed by atoms with van der Waals surface area (Å²) in [5, 5.41) is 5.85. The maximum absolute atomic E-state index is 11.8. The third-order valence-electron chi connectivity index (χ3n) is 3.42. The predicted octanol–water partition coefficient (Wildman–Crippen LogP) is 1.21. The van der Waals surface area contributed by atoms with Crippen molar-refractivity contribution in [1.29, 1.82) is 0 Å². The second-order valence-corrected chi connectivity index (χ2v) is 4.96. The first-order chi connectivity index (χ1) is 10.2. The Kier molecular flexibility index (Phi) is 5.57. The van der Waals surface area contributed by atoms with Crippen LogP contribution in [-0.2, 0) is 20.9 Å². The van der Waals surface area contributed by atoms with Gasteiger partial charge in [0.15, 0.2) is 0 Å². The number of amides is 1. The quantitative estimate of drug-likeness (QED) is 0.816. The lowest BCUT2D eigenvalue weighted by molar-refractivity contribution is -0.143. The van der Waals surface area contributed by atoms with Gasteiger partial charge in [0, 0.05) is 6.04 Å². The molecule has 2 rings (SSSR count). The Morgan fingerprint density at radius 3 is 2.81 bits per heavy atom. The fourth-order valence-corrected chi connectivity index (χ4v) is 2.30. The molecule has 0 unspecified atom stereocenters. The highest BCUT2D eigenvalue weighted by Crippen LogP contribution is 2.10. The van der Waals surface area contributed by atoms with Gasteiger partial charge in [-0.05, 0) is 24.9 Å². The lowest BCUT2D eigenvalue weighted by atomic mass is 10.00. The Hall–Kier alpha value is -2.08. The lowest BCUT2D eigenvalue weighted by Gasteiger charge is -2.28. The van der Waals surface area contributed by atoms with Gasteiger partial charge in [-0.2, -0.15) is 0 Å². The molecule has 6 heteroatoms. The maximum Gasteiger partial charge on any atom is 0.407 e. The van der Waals surface area contributed by atoms with Gasteiger partial charge >= 0.3 is 12.1 Å². The Morgan fingerprint density at radius 2 is 2.10 bits per heavy atom. The summed E-state index contributed by atoms with van der Waals surface area (Å²) in [5.41, 5.74) is 0.936. The number of benzene rings is 1. The lowest BCUT2D eigenvalue weighted by Crippen LogP contribution is -2.51. The molecule has 1 aliphatic heterocycles. The third-order valence-corrected chi connectivity index (χ3v) is 3.42. The Bertz CT molecular complexity index is 478. The van der Waals surface area contributed by atoms with Gasteiger partial charge < -0.3 is 20.1 Å². The van der Waals surface area contributed by atoms with Crippen molar-refractivity contribution in [1.82, 2.24) is 10.6 Å². The number of nitrogens with one attached hydrogen (secondary N) is 2. The maximum atomic E-state index is 11.8. The van der Waals surface area contributed by atoms with Crippen LogP contribution in [0, 0.1) is 0 Å². The van der Waals surface area contributed by atoms with E-state index in [4.69, 9.17) is 9.47 Å². The second-order valence-electron chi connectivity index (χ2n) is 4.96. The van der Waals surface area contributed by atoms with E-state index in [0.717, 1.165) is 12.0 Å². The van der Waals surface area contributed by atoms with Gasteiger partial charge in [-0.15, -0.1) is 0 Å². The number of hydrogen-bond donors (Lipinski definition) is 2. The fraction of sp³-hybridized carbons (Fsp3) is 0.467. The molecule has 114 valence electrons. The molecule has 0 aromatic heterocycles. The number of ether oxygens (including phenoxy) is 2. The summed E-state index contributed by atoms with van der Waals surface area (Å²) in [4.78, 5) is 23.2. The first-order valence-electron chi connectivity index (χ1n) is 6.97. The van der Waals surface area contributed by atoms with Crippen LogP contribution in [0.3, 0.4) is 0 Å². The molecular weight excluding hydrogens is 272 g/mol. The number of methoxy groups -OCH3 is 1. The topological polar surface area (TPSA) is 76.7 Å². The van der Waals surface area contributed by atoms with Crippen LogP contribution in [0.25, 0.3) is 0 Å². The Labute approximate surface area is 123 Å². The van der Waals surface area contributed by atoms with Gasteiger partial charge in [0.2, 0.25) is 0 Å². The minimum atomic E-state index is -0.464. The van der Waals surface area contributed by atoms with E-state index in [2.05, 4.69) is 10.6 Å². The molecule has 2 N–H and O–H groups in total. The molecule has 1 heterocycles. The molecule has 6 nitrogen and oxygen atoms in total. The van der Waals surface area contributed by atoms with Crippen molar-refractivity contribution in [3.05, 3.63) is 35.9 Å². The van der Waals surface area contributed by atoms with Crippen LogP contribution in [0.1, 0.15) is 18.4 Å². The Morgan fingerprint density at radius 1 is 1.33 bits per heavy atom. The highest BCUT2D eigenvalue weighted by atomic mass is 16.5. The minimum absolute atomic E-state index is 0.0846. The van der Waals surface area contributed by atoms with Crippen LogP contribution in [-0.4, -0.2) is 37.8 Å². The van der Waals surface area contributed by atoms with Crippen molar-refractivity contribution in [3.8, 4) is 0 Å². The zero-order valence-electron chi connectivity index (χ0n) is 12.0. The van der Waals surface area contributed by atoms with Crippen molar-refractivity contribution in [2.45, 2.75) is 31.5 Å². The van der Waals surface area contributed by atoms with E-state index < -0.39 is 6.09 Å². The van der Waals surface area contributed by atoms with Crippen molar-refractivity contribution in [3.63, 3.8) is 0 Å². The number of rotatable bonds is 4. The third kappa shape index (κ3) is 4.75. The second kappa shape index (κ2) is 7.64. The zero-order valence-corrected chi connectivity index (χ0v) is 12.0. The van der Waals surface area contributed by atoms with Crippen molar-refractivity contribution < 1.29 is 19.1 Å². The standard InChI is InChI=1S/C15H20N2O4/c1-20-14(18)13-9-12(7-8-16-13)17-15(19)21-10-11-5-3-2-4-6-11/h2-6,12-13,16H,7-10H2,1H3,(H,17,19)/t12-,13+/m1/s1. The summed E-state index contributed by atoms with van der Waals surface area (Å²) >= 11 is 0. The molecule has 1 aromatic carbocycles. The van der Waals surface area contributed by atoms with E-state index in [-0.39, 0.29) is 24.7 Å².